The molecule has 2 rings (SSSR count). The number of nitro groups is 1. The fourth-order valence-corrected chi connectivity index (χ4v) is 3.76. The quantitative estimate of drug-likeness (QED) is 0.440. The lowest BCUT2D eigenvalue weighted by Gasteiger charge is -2.31. The van der Waals surface area contributed by atoms with Crippen LogP contribution in [0.4, 0.5) is 11.4 Å². The molecular weight excluding hydrogens is 367 g/mol. The third-order valence-corrected chi connectivity index (χ3v) is 5.02. The number of anilines is 1. The number of benzene rings is 1. The molecule has 0 aliphatic heterocycles. The summed E-state index contributed by atoms with van der Waals surface area (Å²) in [5.41, 5.74) is 1.18. The Morgan fingerprint density at radius 3 is 2.65 bits per heavy atom. The van der Waals surface area contributed by atoms with Crippen LogP contribution in [0.2, 0.25) is 0 Å². The first kappa shape index (κ1) is 15.5. The largest absolute Gasteiger partial charge is 0.382 e. The van der Waals surface area contributed by atoms with Crippen molar-refractivity contribution in [1.29, 1.82) is 0 Å². The summed E-state index contributed by atoms with van der Waals surface area (Å²) in [7, 11) is 0. The Kier molecular flexibility index (Phi) is 5.63. The van der Waals surface area contributed by atoms with Gasteiger partial charge >= 0.3 is 0 Å². The molecule has 1 aromatic rings. The standard InChI is InChI=1S/C15H21IN2O2/c1-2-14(11-6-4-3-5-7-11)17-12-8-9-15(18(19)20)13(16)10-12/h8-11,14,17H,2-7H2,1H3. The molecule has 1 atom stereocenters. The van der Waals surface area contributed by atoms with Crippen LogP contribution < -0.4 is 5.32 Å². The number of hydrogen-bond donors (Lipinski definition) is 1. The Hall–Kier alpha value is -0.850. The van der Waals surface area contributed by atoms with Gasteiger partial charge in [0.05, 0.1) is 8.49 Å². The van der Waals surface area contributed by atoms with E-state index < -0.39 is 0 Å². The number of rotatable bonds is 5. The van der Waals surface area contributed by atoms with E-state index in [1.165, 1.54) is 32.1 Å². The van der Waals surface area contributed by atoms with Gasteiger partial charge in [-0.1, -0.05) is 26.2 Å². The number of nitrogens with one attached hydrogen (secondary N) is 1. The summed E-state index contributed by atoms with van der Waals surface area (Å²) < 4.78 is 0.691. The fraction of sp³-hybridized carbons (Fsp3) is 0.600. The van der Waals surface area contributed by atoms with Gasteiger partial charge < -0.3 is 5.32 Å². The monoisotopic (exact) mass is 388 g/mol. The van der Waals surface area contributed by atoms with E-state index in [4.69, 9.17) is 0 Å². The maximum absolute atomic E-state index is 10.8. The zero-order valence-corrected chi connectivity index (χ0v) is 13.9. The molecule has 1 aliphatic rings. The minimum Gasteiger partial charge on any atom is -0.382 e. The fourth-order valence-electron chi connectivity index (χ4n) is 3.05. The van der Waals surface area contributed by atoms with Crippen molar-refractivity contribution in [2.24, 2.45) is 5.92 Å². The van der Waals surface area contributed by atoms with E-state index in [-0.39, 0.29) is 10.6 Å². The molecule has 0 heterocycles. The summed E-state index contributed by atoms with van der Waals surface area (Å²) >= 11 is 2.03. The van der Waals surface area contributed by atoms with Gasteiger partial charge in [0, 0.05) is 17.8 Å². The van der Waals surface area contributed by atoms with Crippen LogP contribution in [0.3, 0.4) is 0 Å². The molecule has 1 saturated carbocycles. The van der Waals surface area contributed by atoms with Gasteiger partial charge in [0.25, 0.3) is 5.69 Å². The van der Waals surface area contributed by atoms with E-state index in [2.05, 4.69) is 12.2 Å². The van der Waals surface area contributed by atoms with Crippen LogP contribution in [-0.4, -0.2) is 11.0 Å². The lowest BCUT2D eigenvalue weighted by atomic mass is 9.83. The van der Waals surface area contributed by atoms with E-state index in [0.29, 0.717) is 9.61 Å². The van der Waals surface area contributed by atoms with Crippen LogP contribution in [0, 0.1) is 19.6 Å². The van der Waals surface area contributed by atoms with E-state index in [1.807, 2.05) is 34.7 Å². The van der Waals surface area contributed by atoms with Crippen molar-refractivity contribution < 1.29 is 4.92 Å². The van der Waals surface area contributed by atoms with Crippen LogP contribution in [0.25, 0.3) is 0 Å². The van der Waals surface area contributed by atoms with Crippen LogP contribution in [-0.2, 0) is 0 Å². The van der Waals surface area contributed by atoms with Crippen LogP contribution in [0.1, 0.15) is 45.4 Å². The van der Waals surface area contributed by atoms with Crippen molar-refractivity contribution in [3.8, 4) is 0 Å². The van der Waals surface area contributed by atoms with Gasteiger partial charge in [-0.05, 0) is 59.9 Å². The van der Waals surface area contributed by atoms with Crippen molar-refractivity contribution in [3.05, 3.63) is 31.9 Å². The van der Waals surface area contributed by atoms with Gasteiger partial charge in [0.2, 0.25) is 0 Å². The normalized spacial score (nSPS) is 17.7. The average Bonchev–Trinajstić information content (AvgIpc) is 2.45. The minimum absolute atomic E-state index is 0.182. The lowest BCUT2D eigenvalue weighted by molar-refractivity contribution is -0.385. The van der Waals surface area contributed by atoms with Crippen molar-refractivity contribution in [1.82, 2.24) is 0 Å². The average molecular weight is 388 g/mol. The van der Waals surface area contributed by atoms with Gasteiger partial charge in [-0.15, -0.1) is 0 Å². The zero-order chi connectivity index (χ0) is 14.5. The first-order valence-electron chi connectivity index (χ1n) is 7.32. The zero-order valence-electron chi connectivity index (χ0n) is 11.8. The highest BCUT2D eigenvalue weighted by molar-refractivity contribution is 14.1. The summed E-state index contributed by atoms with van der Waals surface area (Å²) in [5, 5.41) is 14.4. The second-order valence-corrected chi connectivity index (χ2v) is 6.64. The molecule has 1 N–H and O–H groups in total. The number of nitro benzene ring substituents is 1. The van der Waals surface area contributed by atoms with E-state index >= 15 is 0 Å². The van der Waals surface area contributed by atoms with Crippen molar-refractivity contribution >= 4 is 34.0 Å². The van der Waals surface area contributed by atoms with Crippen molar-refractivity contribution in [2.45, 2.75) is 51.5 Å². The molecule has 110 valence electrons. The Morgan fingerprint density at radius 2 is 2.10 bits per heavy atom. The lowest BCUT2D eigenvalue weighted by Crippen LogP contribution is -2.30. The molecule has 0 radical (unpaired) electrons. The smallest absolute Gasteiger partial charge is 0.282 e. The number of nitrogens with zero attached hydrogens (tertiary/aromatic N) is 1. The van der Waals surface area contributed by atoms with Crippen LogP contribution >= 0.6 is 22.6 Å². The molecule has 0 aromatic heterocycles. The van der Waals surface area contributed by atoms with Gasteiger partial charge in [-0.2, -0.15) is 0 Å². The molecular formula is C15H21IN2O2. The summed E-state index contributed by atoms with van der Waals surface area (Å²) in [6.07, 6.45) is 7.73. The first-order chi connectivity index (χ1) is 9.61. The highest BCUT2D eigenvalue weighted by atomic mass is 127. The van der Waals surface area contributed by atoms with E-state index in [9.17, 15) is 10.1 Å². The van der Waals surface area contributed by atoms with Crippen LogP contribution in [0.5, 0.6) is 0 Å². The molecule has 5 heteroatoms. The molecule has 0 bridgehead atoms. The highest BCUT2D eigenvalue weighted by Crippen LogP contribution is 2.31. The van der Waals surface area contributed by atoms with Crippen molar-refractivity contribution in [2.75, 3.05) is 5.32 Å². The molecule has 4 nitrogen and oxygen atoms in total. The van der Waals surface area contributed by atoms with Crippen LogP contribution in [0.15, 0.2) is 18.2 Å². The predicted octanol–water partition coefficient (Wildman–Crippen LogP) is 4.97. The predicted molar refractivity (Wildman–Crippen MR) is 90.1 cm³/mol. The molecule has 0 saturated heterocycles. The SMILES string of the molecule is CCC(Nc1ccc([N+](=O)[O-])c(I)c1)C1CCCCC1. The molecule has 1 fully saturated rings. The maximum Gasteiger partial charge on any atom is 0.282 e. The van der Waals surface area contributed by atoms with E-state index in [0.717, 1.165) is 18.0 Å². The molecule has 20 heavy (non-hydrogen) atoms. The second kappa shape index (κ2) is 7.24. The van der Waals surface area contributed by atoms with Gasteiger partial charge in [-0.25, -0.2) is 0 Å². The summed E-state index contributed by atoms with van der Waals surface area (Å²) in [4.78, 5) is 10.5. The Morgan fingerprint density at radius 1 is 1.40 bits per heavy atom. The molecule has 1 unspecified atom stereocenters. The molecule has 1 aromatic carbocycles. The Labute approximate surface area is 133 Å². The minimum atomic E-state index is -0.329. The maximum atomic E-state index is 10.8. The molecule has 1 aliphatic carbocycles. The van der Waals surface area contributed by atoms with Gasteiger partial charge in [0.1, 0.15) is 0 Å². The molecule has 0 spiro atoms. The Bertz CT molecular complexity index is 473. The number of halogens is 1. The summed E-state index contributed by atoms with van der Waals surface area (Å²) in [6.45, 7) is 2.21. The third-order valence-electron chi connectivity index (χ3n) is 4.16. The number of hydrogen-bond acceptors (Lipinski definition) is 3. The second-order valence-electron chi connectivity index (χ2n) is 5.48. The van der Waals surface area contributed by atoms with Crippen molar-refractivity contribution in [3.63, 3.8) is 0 Å². The van der Waals surface area contributed by atoms with Gasteiger partial charge in [0.15, 0.2) is 0 Å². The summed E-state index contributed by atoms with van der Waals surface area (Å²) in [5.74, 6) is 0.738. The molecule has 0 amide bonds. The Balaban J connectivity index is 2.07. The van der Waals surface area contributed by atoms with Gasteiger partial charge in [-0.3, -0.25) is 10.1 Å². The van der Waals surface area contributed by atoms with E-state index in [1.54, 1.807) is 6.07 Å². The third kappa shape index (κ3) is 3.84. The topological polar surface area (TPSA) is 55.2 Å². The highest BCUT2D eigenvalue weighted by Gasteiger charge is 2.22. The first-order valence-corrected chi connectivity index (χ1v) is 8.40. The summed E-state index contributed by atoms with van der Waals surface area (Å²) in [6, 6.07) is 5.78.